The Labute approximate surface area is 395 Å². The number of unbranched alkanes of at least 4 members (excludes halogenated alkanes) is 1. The van der Waals surface area contributed by atoms with Crippen LogP contribution < -0.4 is 38.9 Å². The number of amides is 3. The number of nitrogens with one attached hydrogen (secondary N) is 3. The SMILES string of the molecule is C.C.CC(C)C[C@@H](N)C(=O)C[C@H](CCCN)C(=O)NC(CCCCNC(=O)[C@@H](CCCN)CC(=O)[C@@H](CC(C)C)NC(=O)[C@H](CC(=O)[C@H](N)Cc1ccccc1)Cc1ccccc1)C(=O)O. The van der Waals surface area contributed by atoms with Gasteiger partial charge in [0.1, 0.15) is 11.8 Å². The van der Waals surface area contributed by atoms with E-state index < -0.39 is 59.7 Å². The molecule has 0 aliphatic rings. The maximum atomic E-state index is 14.0. The quantitative estimate of drug-likeness (QED) is 0.0429. The first-order chi connectivity index (χ1) is 30.4. The number of benzene rings is 2. The third-order valence-corrected chi connectivity index (χ3v) is 11.4. The first-order valence-corrected chi connectivity index (χ1v) is 23.1. The van der Waals surface area contributed by atoms with E-state index in [4.69, 9.17) is 22.9 Å². The van der Waals surface area contributed by atoms with Crippen molar-refractivity contribution >= 4 is 41.0 Å². The minimum absolute atomic E-state index is 0. The summed E-state index contributed by atoms with van der Waals surface area (Å²) >= 11 is 0. The van der Waals surface area contributed by atoms with Crippen LogP contribution in [-0.2, 0) is 46.4 Å². The van der Waals surface area contributed by atoms with Crippen molar-refractivity contribution in [2.45, 2.75) is 157 Å². The highest BCUT2D eigenvalue weighted by Crippen LogP contribution is 2.21. The number of hydrogen-bond donors (Lipinski definition) is 8. The van der Waals surface area contributed by atoms with Gasteiger partial charge in [0.2, 0.25) is 17.7 Å². The van der Waals surface area contributed by atoms with E-state index in [1.54, 1.807) is 0 Å². The topological polar surface area (TPSA) is 280 Å². The van der Waals surface area contributed by atoms with Crippen LogP contribution in [-0.4, -0.2) is 89.9 Å². The fourth-order valence-electron chi connectivity index (χ4n) is 7.74. The van der Waals surface area contributed by atoms with Crippen molar-refractivity contribution in [1.29, 1.82) is 0 Å². The molecule has 15 nitrogen and oxygen atoms in total. The number of nitrogens with two attached hydrogens (primary N) is 4. The van der Waals surface area contributed by atoms with Crippen molar-refractivity contribution in [2.24, 2.45) is 52.5 Å². The minimum atomic E-state index is -1.22. The number of carboxylic acid groups (broad SMARTS) is 1. The lowest BCUT2D eigenvalue weighted by Crippen LogP contribution is -2.47. The zero-order valence-corrected chi connectivity index (χ0v) is 38.6. The first-order valence-electron chi connectivity index (χ1n) is 23.1. The Balaban J connectivity index is 0.0000211. The van der Waals surface area contributed by atoms with Gasteiger partial charge in [-0.2, -0.15) is 0 Å². The molecule has 0 radical (unpaired) electrons. The summed E-state index contributed by atoms with van der Waals surface area (Å²) in [6, 6.07) is 15.1. The van der Waals surface area contributed by atoms with Crippen LogP contribution in [0.15, 0.2) is 60.7 Å². The van der Waals surface area contributed by atoms with Crippen molar-refractivity contribution in [3.05, 3.63) is 71.8 Å². The first kappa shape index (κ1) is 61.2. The Bertz CT molecular complexity index is 1740. The fourth-order valence-corrected chi connectivity index (χ4v) is 7.74. The number of aliphatic carboxylic acids is 1. The molecule has 0 spiro atoms. The van der Waals surface area contributed by atoms with Crippen LogP contribution in [0.1, 0.15) is 131 Å². The second-order valence-electron chi connectivity index (χ2n) is 18.1. The zero-order chi connectivity index (χ0) is 47.6. The maximum absolute atomic E-state index is 14.0. The maximum Gasteiger partial charge on any atom is 0.326 e. The molecule has 0 aliphatic heterocycles. The lowest BCUT2D eigenvalue weighted by atomic mass is 9.88. The smallest absolute Gasteiger partial charge is 0.326 e. The van der Waals surface area contributed by atoms with Gasteiger partial charge >= 0.3 is 5.97 Å². The molecular formula is C51H85N7O8. The molecule has 66 heavy (non-hydrogen) atoms. The summed E-state index contributed by atoms with van der Waals surface area (Å²) < 4.78 is 0. The molecule has 1 unspecified atom stereocenters. The van der Waals surface area contributed by atoms with Crippen LogP contribution in [0.2, 0.25) is 0 Å². The van der Waals surface area contributed by atoms with E-state index in [2.05, 4.69) is 16.0 Å². The highest BCUT2D eigenvalue weighted by molar-refractivity contribution is 5.95. The van der Waals surface area contributed by atoms with Gasteiger partial charge in [0.25, 0.3) is 0 Å². The molecule has 2 aromatic carbocycles. The Morgan fingerprint density at radius 2 is 0.985 bits per heavy atom. The predicted molar refractivity (Wildman–Crippen MR) is 263 cm³/mol. The van der Waals surface area contributed by atoms with Crippen LogP contribution in [0.4, 0.5) is 0 Å². The fraction of sp³-hybridized carbons (Fsp3) is 0.627. The Hall–Kier alpha value is -4.83. The third kappa shape index (κ3) is 24.1. The molecule has 0 saturated heterocycles. The minimum Gasteiger partial charge on any atom is -0.480 e. The molecule has 15 heteroatoms. The average molecular weight is 924 g/mol. The van der Waals surface area contributed by atoms with E-state index >= 15 is 0 Å². The highest BCUT2D eigenvalue weighted by atomic mass is 16.4. The summed E-state index contributed by atoms with van der Waals surface area (Å²) in [4.78, 5) is 93.2. The monoisotopic (exact) mass is 924 g/mol. The van der Waals surface area contributed by atoms with Crippen molar-refractivity contribution in [1.82, 2.24) is 16.0 Å². The summed E-state index contributed by atoms with van der Waals surface area (Å²) in [6.07, 6.45) is 3.50. The van der Waals surface area contributed by atoms with Crippen molar-refractivity contribution in [2.75, 3.05) is 19.6 Å². The summed E-state index contributed by atoms with van der Waals surface area (Å²) in [5, 5.41) is 18.3. The van der Waals surface area contributed by atoms with Crippen molar-refractivity contribution < 1.29 is 38.7 Å². The number of rotatable bonds is 34. The van der Waals surface area contributed by atoms with Crippen LogP contribution in [0.3, 0.4) is 0 Å². The second-order valence-corrected chi connectivity index (χ2v) is 18.1. The molecule has 0 fully saturated rings. The lowest BCUT2D eigenvalue weighted by molar-refractivity contribution is -0.143. The lowest BCUT2D eigenvalue weighted by Gasteiger charge is -2.25. The Morgan fingerprint density at radius 3 is 1.50 bits per heavy atom. The molecule has 0 aromatic heterocycles. The number of carboxylic acids is 1. The van der Waals surface area contributed by atoms with Gasteiger partial charge in [0, 0.05) is 43.6 Å². The molecular weight excluding hydrogens is 839 g/mol. The number of Topliss-reactive ketones (excluding diaryl/α,β-unsaturated/α-hetero) is 3. The molecule has 7 atom stereocenters. The number of carbonyl (C=O) groups is 7. The van der Waals surface area contributed by atoms with Crippen molar-refractivity contribution in [3.63, 3.8) is 0 Å². The van der Waals surface area contributed by atoms with E-state index in [0.29, 0.717) is 70.9 Å². The summed E-state index contributed by atoms with van der Waals surface area (Å²) in [5.74, 6) is -5.43. The average Bonchev–Trinajstić information content (AvgIpc) is 3.25. The van der Waals surface area contributed by atoms with Crippen LogP contribution in [0.25, 0.3) is 0 Å². The van der Waals surface area contributed by atoms with Gasteiger partial charge in [-0.1, -0.05) is 103 Å². The van der Waals surface area contributed by atoms with Gasteiger partial charge in [-0.25, -0.2) is 4.79 Å². The summed E-state index contributed by atoms with van der Waals surface area (Å²) in [5.41, 5.74) is 25.6. The normalized spacial score (nSPS) is 14.3. The summed E-state index contributed by atoms with van der Waals surface area (Å²) in [6.45, 7) is 8.58. The summed E-state index contributed by atoms with van der Waals surface area (Å²) in [7, 11) is 0. The second kappa shape index (κ2) is 33.6. The van der Waals surface area contributed by atoms with Crippen molar-refractivity contribution in [3.8, 4) is 0 Å². The molecule has 3 amide bonds. The van der Waals surface area contributed by atoms with E-state index in [1.165, 1.54) is 0 Å². The Kier molecular flexibility index (Phi) is 31.1. The van der Waals surface area contributed by atoms with Crippen LogP contribution in [0, 0.1) is 29.6 Å². The molecule has 0 bridgehead atoms. The van der Waals surface area contributed by atoms with Gasteiger partial charge in [-0.05, 0) is 107 Å². The zero-order valence-electron chi connectivity index (χ0n) is 38.6. The van der Waals surface area contributed by atoms with Gasteiger partial charge in [0.05, 0.1) is 18.1 Å². The Morgan fingerprint density at radius 1 is 0.530 bits per heavy atom. The van der Waals surface area contributed by atoms with Gasteiger partial charge in [-0.3, -0.25) is 28.8 Å². The van der Waals surface area contributed by atoms with E-state index in [0.717, 1.165) is 11.1 Å². The van der Waals surface area contributed by atoms with Gasteiger partial charge in [-0.15, -0.1) is 0 Å². The van der Waals surface area contributed by atoms with E-state index in [1.807, 2.05) is 88.4 Å². The molecule has 0 aliphatic carbocycles. The highest BCUT2D eigenvalue weighted by Gasteiger charge is 2.32. The largest absolute Gasteiger partial charge is 0.480 e. The molecule has 0 saturated carbocycles. The third-order valence-electron chi connectivity index (χ3n) is 11.4. The van der Waals surface area contributed by atoms with Gasteiger partial charge in [0.15, 0.2) is 11.6 Å². The molecule has 0 heterocycles. The number of hydrogen-bond acceptors (Lipinski definition) is 11. The van der Waals surface area contributed by atoms with Crippen LogP contribution in [0.5, 0.6) is 0 Å². The van der Waals surface area contributed by atoms with E-state index in [9.17, 15) is 38.7 Å². The molecule has 372 valence electrons. The van der Waals surface area contributed by atoms with Crippen LogP contribution >= 0.6 is 0 Å². The standard InChI is InChI=1S/C49H77N7O8.2CH4/c1-32(2)25-39(52)43(57)29-37(20-14-23-51)47(61)55-41(49(63)64)21-11-12-24-54-46(60)36(19-13-22-50)30-45(59)42(26-33(3)4)56-48(62)38(27-34-15-7-5-8-16-34)31-44(58)40(53)28-35-17-9-6-10-18-35;;/h5-10,15-18,32-33,36-42H,11-14,19-31,50-53H2,1-4H3,(H,54,60)(H,55,61)(H,56,62)(H,63,64);2*1H4/t36-,37-,38-,39+,40+,41?,42+;;/m0../s1. The number of ketones is 3. The molecule has 2 rings (SSSR count). The predicted octanol–water partition coefficient (Wildman–Crippen LogP) is 5.04. The number of carbonyl (C=O) groups excluding carboxylic acids is 6. The molecule has 2 aromatic rings. The van der Waals surface area contributed by atoms with E-state index in [-0.39, 0.29) is 88.6 Å². The van der Waals surface area contributed by atoms with Gasteiger partial charge < -0.3 is 44.0 Å². The molecule has 12 N–H and O–H groups in total.